The van der Waals surface area contributed by atoms with Crippen LogP contribution in [0.5, 0.6) is 0 Å². The maximum atomic E-state index is 6.25. The molecule has 0 saturated heterocycles. The molecule has 0 fully saturated rings. The fourth-order valence-corrected chi connectivity index (χ4v) is 2.16. The van der Waals surface area contributed by atoms with Crippen molar-refractivity contribution in [3.63, 3.8) is 0 Å². The van der Waals surface area contributed by atoms with Crippen molar-refractivity contribution in [2.75, 3.05) is 6.54 Å². The molecule has 18 heavy (non-hydrogen) atoms. The zero-order chi connectivity index (χ0) is 13.9. The smallest absolute Gasteiger partial charge is 0.131 e. The number of hydrogen-bond acceptors (Lipinski definition) is 3. The SMILES string of the molecule is Cc1nn(C)c(Cl)c1CN(CCC(N)=S)C(C)C. The molecule has 0 radical (unpaired) electrons. The van der Waals surface area contributed by atoms with Gasteiger partial charge in [0.2, 0.25) is 0 Å². The van der Waals surface area contributed by atoms with Gasteiger partial charge < -0.3 is 5.73 Å². The number of thiocarbonyl (C=S) groups is 1. The van der Waals surface area contributed by atoms with E-state index in [9.17, 15) is 0 Å². The van der Waals surface area contributed by atoms with Crippen LogP contribution in [0.4, 0.5) is 0 Å². The molecule has 1 aromatic heterocycles. The molecule has 1 rings (SSSR count). The van der Waals surface area contributed by atoms with Gasteiger partial charge in [-0.25, -0.2) is 0 Å². The summed E-state index contributed by atoms with van der Waals surface area (Å²) < 4.78 is 1.71. The Labute approximate surface area is 119 Å². The van der Waals surface area contributed by atoms with Gasteiger partial charge in [-0.3, -0.25) is 9.58 Å². The summed E-state index contributed by atoms with van der Waals surface area (Å²) in [6, 6.07) is 0.412. The second kappa shape index (κ2) is 6.50. The summed E-state index contributed by atoms with van der Waals surface area (Å²) in [4.78, 5) is 2.85. The third kappa shape index (κ3) is 3.93. The van der Waals surface area contributed by atoms with Gasteiger partial charge in [-0.1, -0.05) is 23.8 Å². The predicted octanol–water partition coefficient (Wildman–Crippen LogP) is 2.27. The van der Waals surface area contributed by atoms with Crippen LogP contribution in [0.3, 0.4) is 0 Å². The molecule has 0 saturated carbocycles. The number of hydrogen-bond donors (Lipinski definition) is 1. The molecule has 0 atom stereocenters. The van der Waals surface area contributed by atoms with Crippen molar-refractivity contribution in [1.82, 2.24) is 14.7 Å². The van der Waals surface area contributed by atoms with E-state index in [1.165, 1.54) is 0 Å². The molecule has 0 aliphatic heterocycles. The highest BCUT2D eigenvalue weighted by Crippen LogP contribution is 2.21. The molecule has 6 heteroatoms. The lowest BCUT2D eigenvalue weighted by molar-refractivity contribution is 0.219. The van der Waals surface area contributed by atoms with Crippen LogP contribution < -0.4 is 5.73 Å². The highest BCUT2D eigenvalue weighted by molar-refractivity contribution is 7.80. The molecule has 0 spiro atoms. The van der Waals surface area contributed by atoms with Crippen molar-refractivity contribution in [3.05, 3.63) is 16.4 Å². The van der Waals surface area contributed by atoms with Gasteiger partial charge in [-0.05, 0) is 20.8 Å². The Bertz CT molecular complexity index is 428. The van der Waals surface area contributed by atoms with E-state index in [0.717, 1.165) is 30.8 Å². The Balaban J connectivity index is 2.80. The molecular formula is C12H21ClN4S. The van der Waals surface area contributed by atoms with Crippen LogP contribution in [0.1, 0.15) is 31.5 Å². The normalized spacial score (nSPS) is 11.5. The lowest BCUT2D eigenvalue weighted by Gasteiger charge is -2.26. The molecule has 0 aromatic carbocycles. The summed E-state index contributed by atoms with van der Waals surface area (Å²) in [7, 11) is 1.85. The molecule has 1 heterocycles. The molecule has 0 unspecified atom stereocenters. The molecule has 4 nitrogen and oxygen atoms in total. The molecule has 102 valence electrons. The standard InChI is InChI=1S/C12H21ClN4S/c1-8(2)17(6-5-11(14)18)7-10-9(3)15-16(4)12(10)13/h8H,5-7H2,1-4H3,(H2,14,18). The largest absolute Gasteiger partial charge is 0.393 e. The van der Waals surface area contributed by atoms with Crippen molar-refractivity contribution in [2.24, 2.45) is 12.8 Å². The Kier molecular flexibility index (Phi) is 5.56. The Morgan fingerprint density at radius 3 is 2.56 bits per heavy atom. The van der Waals surface area contributed by atoms with E-state index in [1.807, 2.05) is 14.0 Å². The third-order valence-electron chi connectivity index (χ3n) is 3.01. The summed E-state index contributed by atoms with van der Waals surface area (Å²) >= 11 is 11.2. The zero-order valence-electron chi connectivity index (χ0n) is 11.4. The van der Waals surface area contributed by atoms with Gasteiger partial charge in [0.25, 0.3) is 0 Å². The van der Waals surface area contributed by atoms with Gasteiger partial charge in [0, 0.05) is 38.2 Å². The molecule has 0 aliphatic carbocycles. The quantitative estimate of drug-likeness (QED) is 0.816. The van der Waals surface area contributed by atoms with Crippen molar-refractivity contribution in [1.29, 1.82) is 0 Å². The van der Waals surface area contributed by atoms with Gasteiger partial charge in [-0.2, -0.15) is 5.10 Å². The molecule has 0 amide bonds. The van der Waals surface area contributed by atoms with Gasteiger partial charge in [0.15, 0.2) is 0 Å². The van der Waals surface area contributed by atoms with E-state index in [1.54, 1.807) is 4.68 Å². The van der Waals surface area contributed by atoms with E-state index < -0.39 is 0 Å². The van der Waals surface area contributed by atoms with Crippen molar-refractivity contribution in [2.45, 2.75) is 39.8 Å². The monoisotopic (exact) mass is 288 g/mol. The number of rotatable bonds is 6. The maximum Gasteiger partial charge on any atom is 0.131 e. The lowest BCUT2D eigenvalue weighted by Crippen LogP contribution is -2.33. The average molecular weight is 289 g/mol. The van der Waals surface area contributed by atoms with Gasteiger partial charge in [0.1, 0.15) is 5.15 Å². The number of halogens is 1. The van der Waals surface area contributed by atoms with E-state index in [2.05, 4.69) is 23.8 Å². The highest BCUT2D eigenvalue weighted by Gasteiger charge is 2.17. The fourth-order valence-electron chi connectivity index (χ4n) is 1.83. The van der Waals surface area contributed by atoms with Crippen LogP contribution in [0, 0.1) is 6.92 Å². The van der Waals surface area contributed by atoms with E-state index in [4.69, 9.17) is 29.6 Å². The van der Waals surface area contributed by atoms with E-state index in [0.29, 0.717) is 16.2 Å². The topological polar surface area (TPSA) is 47.1 Å². The van der Waals surface area contributed by atoms with Crippen molar-refractivity contribution >= 4 is 28.8 Å². The van der Waals surface area contributed by atoms with E-state index in [-0.39, 0.29) is 0 Å². The fraction of sp³-hybridized carbons (Fsp3) is 0.667. The second-order valence-corrected chi connectivity index (χ2v) is 5.64. The van der Waals surface area contributed by atoms with Crippen LogP contribution in [0.2, 0.25) is 5.15 Å². The van der Waals surface area contributed by atoms with Gasteiger partial charge in [-0.15, -0.1) is 0 Å². The van der Waals surface area contributed by atoms with E-state index >= 15 is 0 Å². The second-order valence-electron chi connectivity index (χ2n) is 4.76. The van der Waals surface area contributed by atoms with Crippen LogP contribution >= 0.6 is 23.8 Å². The summed E-state index contributed by atoms with van der Waals surface area (Å²) in [5.74, 6) is 0. The minimum atomic E-state index is 0.412. The zero-order valence-corrected chi connectivity index (χ0v) is 13.0. The molecule has 2 N–H and O–H groups in total. The first-order valence-corrected chi connectivity index (χ1v) is 6.81. The lowest BCUT2D eigenvalue weighted by atomic mass is 10.2. The summed E-state index contributed by atoms with van der Waals surface area (Å²) in [5.41, 5.74) is 7.62. The predicted molar refractivity (Wildman–Crippen MR) is 79.9 cm³/mol. The highest BCUT2D eigenvalue weighted by atomic mass is 35.5. The summed E-state index contributed by atoms with van der Waals surface area (Å²) in [6.45, 7) is 7.90. The van der Waals surface area contributed by atoms with Crippen LogP contribution in [0.15, 0.2) is 0 Å². The van der Waals surface area contributed by atoms with Gasteiger partial charge in [0.05, 0.1) is 10.7 Å². The van der Waals surface area contributed by atoms with Gasteiger partial charge >= 0.3 is 0 Å². The summed E-state index contributed by atoms with van der Waals surface area (Å²) in [5, 5.41) is 5.03. The Morgan fingerprint density at radius 2 is 2.17 bits per heavy atom. The van der Waals surface area contributed by atoms with Crippen LogP contribution in [-0.4, -0.2) is 32.3 Å². The minimum absolute atomic E-state index is 0.412. The molecule has 0 bridgehead atoms. The average Bonchev–Trinajstić information content (AvgIpc) is 2.49. The molecule has 0 aliphatic rings. The van der Waals surface area contributed by atoms with Crippen molar-refractivity contribution in [3.8, 4) is 0 Å². The Hall–Kier alpha value is -0.650. The van der Waals surface area contributed by atoms with Crippen LogP contribution in [0.25, 0.3) is 0 Å². The first-order chi connectivity index (χ1) is 8.32. The first-order valence-electron chi connectivity index (χ1n) is 6.03. The molecule has 1 aromatic rings. The number of nitrogens with two attached hydrogens (primary N) is 1. The maximum absolute atomic E-state index is 6.25. The minimum Gasteiger partial charge on any atom is -0.393 e. The van der Waals surface area contributed by atoms with Crippen LogP contribution in [-0.2, 0) is 13.6 Å². The number of aryl methyl sites for hydroxylation is 2. The first kappa shape index (κ1) is 15.4. The number of aromatic nitrogens is 2. The Morgan fingerprint density at radius 1 is 1.56 bits per heavy atom. The third-order valence-corrected chi connectivity index (χ3v) is 3.68. The summed E-state index contributed by atoms with van der Waals surface area (Å²) in [6.07, 6.45) is 0.727. The van der Waals surface area contributed by atoms with Crippen molar-refractivity contribution < 1.29 is 0 Å². The number of nitrogens with zero attached hydrogens (tertiary/aromatic N) is 3. The molecular weight excluding hydrogens is 268 g/mol.